The molecule has 3 heterocycles. The molecule has 0 aliphatic carbocycles. The highest BCUT2D eigenvalue weighted by Crippen LogP contribution is 2.33. The van der Waals surface area contributed by atoms with E-state index in [4.69, 9.17) is 10.5 Å². The van der Waals surface area contributed by atoms with Crippen LogP contribution in [0.3, 0.4) is 0 Å². The van der Waals surface area contributed by atoms with E-state index in [-0.39, 0.29) is 5.54 Å². The number of anilines is 1. The summed E-state index contributed by atoms with van der Waals surface area (Å²) in [6.07, 6.45) is 3.89. The summed E-state index contributed by atoms with van der Waals surface area (Å²) in [5.74, 6) is 0.528. The van der Waals surface area contributed by atoms with Gasteiger partial charge in [-0.05, 0) is 38.3 Å². The number of pyridine rings is 1. The number of imidazole rings is 1. The molecule has 1 saturated heterocycles. The summed E-state index contributed by atoms with van der Waals surface area (Å²) in [5.41, 5.74) is 8.81. The number of hydrogen-bond acceptors (Lipinski definition) is 4. The Balaban J connectivity index is 2.22. The van der Waals surface area contributed by atoms with E-state index in [9.17, 15) is 0 Å². The molecule has 2 N–H and O–H groups in total. The molecule has 0 bridgehead atoms. The first kappa shape index (κ1) is 11.5. The van der Waals surface area contributed by atoms with Crippen LogP contribution in [0.5, 0.6) is 0 Å². The SMILES string of the molecule is Cc1ccnc2c1nc(N)n2C1(C)CCCOC1. The van der Waals surface area contributed by atoms with Crippen LogP contribution in [0.1, 0.15) is 25.3 Å². The predicted octanol–water partition coefficient (Wildman–Crippen LogP) is 1.85. The standard InChI is InChI=1S/C13H18N4O/c1-9-4-6-15-11-10(9)16-12(14)17(11)13(2)5-3-7-18-8-13/h4,6H,3,5,7-8H2,1-2H3,(H2,14,16). The van der Waals surface area contributed by atoms with Crippen LogP contribution in [0.2, 0.25) is 0 Å². The van der Waals surface area contributed by atoms with Gasteiger partial charge >= 0.3 is 0 Å². The molecule has 3 rings (SSSR count). The van der Waals surface area contributed by atoms with E-state index >= 15 is 0 Å². The van der Waals surface area contributed by atoms with Crippen LogP contribution in [-0.4, -0.2) is 27.7 Å². The molecule has 2 aromatic heterocycles. The fraction of sp³-hybridized carbons (Fsp3) is 0.538. The molecule has 1 fully saturated rings. The largest absolute Gasteiger partial charge is 0.379 e. The van der Waals surface area contributed by atoms with Crippen molar-refractivity contribution in [2.75, 3.05) is 18.9 Å². The fourth-order valence-corrected chi connectivity index (χ4v) is 2.74. The maximum absolute atomic E-state index is 6.09. The van der Waals surface area contributed by atoms with Gasteiger partial charge in [-0.1, -0.05) is 0 Å². The number of hydrogen-bond donors (Lipinski definition) is 1. The normalized spacial score (nSPS) is 24.6. The van der Waals surface area contributed by atoms with Crippen molar-refractivity contribution in [1.82, 2.24) is 14.5 Å². The van der Waals surface area contributed by atoms with Gasteiger partial charge in [0, 0.05) is 12.8 Å². The van der Waals surface area contributed by atoms with Crippen LogP contribution < -0.4 is 5.73 Å². The Bertz CT molecular complexity index is 584. The molecule has 96 valence electrons. The van der Waals surface area contributed by atoms with Crippen LogP contribution in [0, 0.1) is 6.92 Å². The van der Waals surface area contributed by atoms with Gasteiger partial charge in [0.05, 0.1) is 12.1 Å². The summed E-state index contributed by atoms with van der Waals surface area (Å²) in [4.78, 5) is 8.90. The average molecular weight is 246 g/mol. The number of nitrogens with two attached hydrogens (primary N) is 1. The zero-order valence-electron chi connectivity index (χ0n) is 10.8. The summed E-state index contributed by atoms with van der Waals surface area (Å²) < 4.78 is 7.65. The Kier molecular flexibility index (Phi) is 2.52. The van der Waals surface area contributed by atoms with E-state index in [1.807, 2.05) is 23.8 Å². The summed E-state index contributed by atoms with van der Waals surface area (Å²) in [5, 5.41) is 0. The maximum Gasteiger partial charge on any atom is 0.203 e. The lowest BCUT2D eigenvalue weighted by Crippen LogP contribution is -2.39. The number of nitrogen functional groups attached to an aromatic ring is 1. The molecule has 1 aliphatic heterocycles. The van der Waals surface area contributed by atoms with Crippen LogP contribution in [0.25, 0.3) is 11.2 Å². The number of nitrogens with zero attached hydrogens (tertiary/aromatic N) is 3. The lowest BCUT2D eigenvalue weighted by atomic mass is 9.94. The quantitative estimate of drug-likeness (QED) is 0.834. The molecule has 0 amide bonds. The molecule has 5 nitrogen and oxygen atoms in total. The third-order valence-electron chi connectivity index (χ3n) is 3.73. The Hall–Kier alpha value is -1.62. The van der Waals surface area contributed by atoms with E-state index in [0.29, 0.717) is 12.6 Å². The fourth-order valence-electron chi connectivity index (χ4n) is 2.74. The van der Waals surface area contributed by atoms with Gasteiger partial charge in [-0.2, -0.15) is 0 Å². The summed E-state index contributed by atoms with van der Waals surface area (Å²) in [7, 11) is 0. The molecule has 1 atom stereocenters. The first-order chi connectivity index (χ1) is 8.62. The highest BCUT2D eigenvalue weighted by molar-refractivity contribution is 5.77. The lowest BCUT2D eigenvalue weighted by molar-refractivity contribution is 0.0122. The second-order valence-electron chi connectivity index (χ2n) is 5.26. The molecule has 1 aliphatic rings. The molecule has 5 heteroatoms. The van der Waals surface area contributed by atoms with Crippen molar-refractivity contribution in [1.29, 1.82) is 0 Å². The molecule has 18 heavy (non-hydrogen) atoms. The van der Waals surface area contributed by atoms with Crippen LogP contribution in [-0.2, 0) is 10.3 Å². The molecule has 0 radical (unpaired) electrons. The lowest BCUT2D eigenvalue weighted by Gasteiger charge is -2.35. The van der Waals surface area contributed by atoms with Crippen LogP contribution in [0.15, 0.2) is 12.3 Å². The van der Waals surface area contributed by atoms with Crippen LogP contribution >= 0.6 is 0 Å². The second kappa shape index (κ2) is 3.95. The van der Waals surface area contributed by atoms with Gasteiger partial charge in [-0.25, -0.2) is 9.97 Å². The molecular weight excluding hydrogens is 228 g/mol. The first-order valence-electron chi connectivity index (χ1n) is 6.29. The van der Waals surface area contributed by atoms with E-state index in [1.54, 1.807) is 0 Å². The third-order valence-corrected chi connectivity index (χ3v) is 3.73. The number of aryl methyl sites for hydroxylation is 1. The van der Waals surface area contributed by atoms with Crippen molar-refractivity contribution in [3.05, 3.63) is 17.8 Å². The van der Waals surface area contributed by atoms with Gasteiger partial charge in [0.15, 0.2) is 5.65 Å². The van der Waals surface area contributed by atoms with Crippen molar-refractivity contribution in [3.8, 4) is 0 Å². The average Bonchev–Trinajstić information content (AvgIpc) is 2.68. The Morgan fingerprint density at radius 3 is 3.06 bits per heavy atom. The number of rotatable bonds is 1. The van der Waals surface area contributed by atoms with Gasteiger partial charge in [0.25, 0.3) is 0 Å². The molecule has 1 unspecified atom stereocenters. The van der Waals surface area contributed by atoms with Crippen molar-refractivity contribution >= 4 is 17.1 Å². The number of ether oxygens (including phenoxy) is 1. The minimum atomic E-state index is -0.141. The van der Waals surface area contributed by atoms with E-state index in [1.165, 1.54) is 0 Å². The summed E-state index contributed by atoms with van der Waals surface area (Å²) in [6, 6.07) is 1.96. The van der Waals surface area contributed by atoms with Crippen molar-refractivity contribution in [2.45, 2.75) is 32.2 Å². The minimum absolute atomic E-state index is 0.141. The van der Waals surface area contributed by atoms with Crippen molar-refractivity contribution < 1.29 is 4.74 Å². The van der Waals surface area contributed by atoms with Crippen molar-refractivity contribution in [3.63, 3.8) is 0 Å². The van der Waals surface area contributed by atoms with Crippen molar-refractivity contribution in [2.24, 2.45) is 0 Å². The third kappa shape index (κ3) is 1.58. The van der Waals surface area contributed by atoms with E-state index in [2.05, 4.69) is 16.9 Å². The summed E-state index contributed by atoms with van der Waals surface area (Å²) >= 11 is 0. The molecule has 0 saturated carbocycles. The second-order valence-corrected chi connectivity index (χ2v) is 5.26. The first-order valence-corrected chi connectivity index (χ1v) is 6.29. The number of aromatic nitrogens is 3. The Morgan fingerprint density at radius 2 is 2.33 bits per heavy atom. The van der Waals surface area contributed by atoms with Crippen LogP contribution in [0.4, 0.5) is 5.95 Å². The Morgan fingerprint density at radius 1 is 1.50 bits per heavy atom. The highest BCUT2D eigenvalue weighted by atomic mass is 16.5. The Labute approximate surface area is 106 Å². The number of fused-ring (bicyclic) bond motifs is 1. The molecule has 2 aromatic rings. The smallest absolute Gasteiger partial charge is 0.203 e. The predicted molar refractivity (Wildman–Crippen MR) is 70.4 cm³/mol. The van der Waals surface area contributed by atoms with Gasteiger partial charge < -0.3 is 10.5 Å². The van der Waals surface area contributed by atoms with Gasteiger partial charge in [0.2, 0.25) is 5.95 Å². The van der Waals surface area contributed by atoms with Gasteiger partial charge in [-0.3, -0.25) is 4.57 Å². The van der Waals surface area contributed by atoms with E-state index in [0.717, 1.165) is 36.2 Å². The molecule has 0 spiro atoms. The van der Waals surface area contributed by atoms with Gasteiger partial charge in [-0.15, -0.1) is 0 Å². The minimum Gasteiger partial charge on any atom is -0.379 e. The summed E-state index contributed by atoms with van der Waals surface area (Å²) in [6.45, 7) is 5.68. The monoisotopic (exact) mass is 246 g/mol. The zero-order chi connectivity index (χ0) is 12.8. The van der Waals surface area contributed by atoms with E-state index < -0.39 is 0 Å². The zero-order valence-corrected chi connectivity index (χ0v) is 10.8. The van der Waals surface area contributed by atoms with Gasteiger partial charge in [0.1, 0.15) is 5.52 Å². The maximum atomic E-state index is 6.09. The molecular formula is C13H18N4O. The topological polar surface area (TPSA) is 66.0 Å². The molecule has 0 aromatic carbocycles. The highest BCUT2D eigenvalue weighted by Gasteiger charge is 2.33.